The lowest BCUT2D eigenvalue weighted by atomic mass is 9.92. The van der Waals surface area contributed by atoms with Crippen LogP contribution in [-0.4, -0.2) is 47.4 Å². The number of benzene rings is 1. The van der Waals surface area contributed by atoms with Gasteiger partial charge in [0, 0.05) is 0 Å². The van der Waals surface area contributed by atoms with Crippen LogP contribution in [0.15, 0.2) is 24.3 Å². The van der Waals surface area contributed by atoms with E-state index in [9.17, 15) is 19.2 Å². The molecular formula is C20H24N4O5. The third kappa shape index (κ3) is 5.54. The number of carbonyl (C=O) groups is 4. The summed E-state index contributed by atoms with van der Waals surface area (Å²) < 4.78 is 4.87. The van der Waals surface area contributed by atoms with E-state index < -0.39 is 42.5 Å². The van der Waals surface area contributed by atoms with E-state index in [2.05, 4.69) is 10.6 Å². The molecule has 9 nitrogen and oxygen atoms in total. The summed E-state index contributed by atoms with van der Waals surface area (Å²) >= 11 is 0. The normalized spacial score (nSPS) is 18.4. The first-order valence-electron chi connectivity index (χ1n) is 9.25. The highest BCUT2D eigenvalue weighted by Crippen LogP contribution is 2.24. The molecule has 29 heavy (non-hydrogen) atoms. The van der Waals surface area contributed by atoms with E-state index in [0.717, 1.165) is 11.3 Å². The summed E-state index contributed by atoms with van der Waals surface area (Å²) in [5, 5.41) is 14.1. The average Bonchev–Trinajstić information content (AvgIpc) is 2.89. The number of rotatable bonds is 8. The highest BCUT2D eigenvalue weighted by atomic mass is 16.5. The maximum absolute atomic E-state index is 12.6. The summed E-state index contributed by atoms with van der Waals surface area (Å²) in [6.45, 7) is 4.47. The van der Waals surface area contributed by atoms with E-state index in [-0.39, 0.29) is 5.56 Å². The van der Waals surface area contributed by atoms with E-state index >= 15 is 0 Å². The quantitative estimate of drug-likeness (QED) is 0.506. The number of esters is 1. The average molecular weight is 400 g/mol. The smallest absolute Gasteiger partial charge is 0.326 e. The summed E-state index contributed by atoms with van der Waals surface area (Å²) in [4.78, 5) is 49.4. The lowest BCUT2D eigenvalue weighted by Crippen LogP contribution is -2.44. The lowest BCUT2D eigenvalue weighted by molar-refractivity contribution is -0.150. The van der Waals surface area contributed by atoms with Crippen molar-refractivity contribution in [3.8, 4) is 6.07 Å². The number of nitrogens with zero attached hydrogens (tertiary/aromatic N) is 2. The molecule has 1 fully saturated rings. The van der Waals surface area contributed by atoms with Gasteiger partial charge in [0.05, 0.1) is 11.3 Å². The Labute approximate surface area is 169 Å². The number of para-hydroxylation sites is 1. The zero-order chi connectivity index (χ0) is 21.6. The van der Waals surface area contributed by atoms with Gasteiger partial charge in [0.15, 0.2) is 6.61 Å². The van der Waals surface area contributed by atoms with Crippen molar-refractivity contribution in [2.24, 2.45) is 5.92 Å². The number of urea groups is 1. The number of carbonyl (C=O) groups excluding carboxylic acids is 4. The second-order valence-electron chi connectivity index (χ2n) is 7.45. The second kappa shape index (κ2) is 9.19. The molecule has 1 aliphatic heterocycles. The largest absolute Gasteiger partial charge is 0.454 e. The molecule has 0 aliphatic carbocycles. The van der Waals surface area contributed by atoms with Crippen LogP contribution in [-0.2, 0) is 19.1 Å². The number of anilines is 1. The first-order chi connectivity index (χ1) is 13.7. The Bertz CT molecular complexity index is 861. The van der Waals surface area contributed by atoms with Gasteiger partial charge in [-0.1, -0.05) is 26.0 Å². The van der Waals surface area contributed by atoms with Crippen molar-refractivity contribution in [1.82, 2.24) is 10.2 Å². The van der Waals surface area contributed by atoms with E-state index in [1.54, 1.807) is 25.1 Å². The van der Waals surface area contributed by atoms with Crippen molar-refractivity contribution in [2.45, 2.75) is 39.2 Å². The van der Waals surface area contributed by atoms with E-state index in [4.69, 9.17) is 10.00 Å². The zero-order valence-electron chi connectivity index (χ0n) is 16.7. The first-order valence-corrected chi connectivity index (χ1v) is 9.25. The molecule has 1 atom stereocenters. The Hall–Kier alpha value is -3.41. The predicted octanol–water partition coefficient (Wildman–Crippen LogP) is 1.79. The minimum absolute atomic E-state index is 0.271. The van der Waals surface area contributed by atoms with Crippen LogP contribution in [0.25, 0.3) is 0 Å². The molecule has 154 valence electrons. The lowest BCUT2D eigenvalue weighted by Gasteiger charge is -2.22. The SMILES string of the molecule is CC(C)CC[C@]1(C)NC(=O)N(CC(=O)OCC(=O)Nc2ccccc2C#N)C1=O. The number of nitrogens with one attached hydrogen (secondary N) is 2. The molecule has 0 radical (unpaired) electrons. The summed E-state index contributed by atoms with van der Waals surface area (Å²) in [5.74, 6) is -1.65. The molecular weight excluding hydrogens is 376 g/mol. The Balaban J connectivity index is 1.87. The van der Waals surface area contributed by atoms with Crippen LogP contribution in [0.2, 0.25) is 0 Å². The van der Waals surface area contributed by atoms with Gasteiger partial charge in [0.1, 0.15) is 18.2 Å². The molecule has 1 heterocycles. The number of ether oxygens (including phenoxy) is 1. The fourth-order valence-corrected chi connectivity index (χ4v) is 2.83. The maximum atomic E-state index is 12.6. The summed E-state index contributed by atoms with van der Waals surface area (Å²) in [5.41, 5.74) is -0.488. The van der Waals surface area contributed by atoms with Crippen molar-refractivity contribution in [1.29, 1.82) is 5.26 Å². The topological polar surface area (TPSA) is 129 Å². The van der Waals surface area contributed by atoms with Crippen LogP contribution < -0.4 is 10.6 Å². The van der Waals surface area contributed by atoms with Gasteiger partial charge in [0.25, 0.3) is 11.8 Å². The van der Waals surface area contributed by atoms with Crippen LogP contribution in [0.5, 0.6) is 0 Å². The number of hydrogen-bond acceptors (Lipinski definition) is 6. The van der Waals surface area contributed by atoms with Crippen LogP contribution in [0.1, 0.15) is 39.2 Å². The van der Waals surface area contributed by atoms with Crippen LogP contribution >= 0.6 is 0 Å². The van der Waals surface area contributed by atoms with Gasteiger partial charge in [-0.2, -0.15) is 5.26 Å². The first kappa shape index (κ1) is 21.9. The van der Waals surface area contributed by atoms with Crippen molar-refractivity contribution in [3.05, 3.63) is 29.8 Å². The number of hydrogen-bond donors (Lipinski definition) is 2. The molecule has 2 rings (SSSR count). The number of imide groups is 1. The fraction of sp³-hybridized carbons (Fsp3) is 0.450. The minimum atomic E-state index is -1.06. The number of amides is 4. The molecule has 1 aromatic carbocycles. The van der Waals surface area contributed by atoms with Gasteiger partial charge in [-0.3, -0.25) is 19.3 Å². The highest BCUT2D eigenvalue weighted by Gasteiger charge is 2.48. The van der Waals surface area contributed by atoms with Crippen molar-refractivity contribution in [3.63, 3.8) is 0 Å². The molecule has 1 saturated heterocycles. The predicted molar refractivity (Wildman–Crippen MR) is 103 cm³/mol. The van der Waals surface area contributed by atoms with Gasteiger partial charge in [-0.15, -0.1) is 0 Å². The molecule has 2 N–H and O–H groups in total. The monoisotopic (exact) mass is 400 g/mol. The third-order valence-corrected chi connectivity index (χ3v) is 4.54. The van der Waals surface area contributed by atoms with Gasteiger partial charge in [-0.25, -0.2) is 4.79 Å². The van der Waals surface area contributed by atoms with E-state index in [1.165, 1.54) is 6.07 Å². The number of nitriles is 1. The highest BCUT2D eigenvalue weighted by molar-refractivity contribution is 6.08. The van der Waals surface area contributed by atoms with Gasteiger partial charge >= 0.3 is 12.0 Å². The standard InChI is InChI=1S/C20H24N4O5/c1-13(2)8-9-20(3)18(27)24(19(28)23-20)11-17(26)29-12-16(25)22-15-7-5-4-6-14(15)10-21/h4-7,13H,8-9,11-12H2,1-3H3,(H,22,25)(H,23,28)/t20-/m0/s1. The minimum Gasteiger partial charge on any atom is -0.454 e. The molecule has 0 saturated carbocycles. The molecule has 9 heteroatoms. The summed E-state index contributed by atoms with van der Waals surface area (Å²) in [7, 11) is 0. The molecule has 0 bridgehead atoms. The Morgan fingerprint density at radius 2 is 2.00 bits per heavy atom. The molecule has 0 spiro atoms. The third-order valence-electron chi connectivity index (χ3n) is 4.54. The van der Waals surface area contributed by atoms with Crippen molar-refractivity contribution < 1.29 is 23.9 Å². The van der Waals surface area contributed by atoms with Gasteiger partial charge in [-0.05, 0) is 37.8 Å². The van der Waals surface area contributed by atoms with E-state index in [1.807, 2.05) is 19.9 Å². The van der Waals surface area contributed by atoms with Crippen LogP contribution in [0, 0.1) is 17.2 Å². The van der Waals surface area contributed by atoms with Crippen molar-refractivity contribution in [2.75, 3.05) is 18.5 Å². The van der Waals surface area contributed by atoms with E-state index in [0.29, 0.717) is 18.0 Å². The zero-order valence-corrected chi connectivity index (χ0v) is 16.7. The summed E-state index contributed by atoms with van der Waals surface area (Å²) in [6, 6.07) is 7.66. The Kier molecular flexibility index (Phi) is 6.93. The van der Waals surface area contributed by atoms with Gasteiger partial charge < -0.3 is 15.4 Å². The van der Waals surface area contributed by atoms with Crippen LogP contribution in [0.3, 0.4) is 0 Å². The summed E-state index contributed by atoms with van der Waals surface area (Å²) in [6.07, 6.45) is 1.20. The van der Waals surface area contributed by atoms with Crippen molar-refractivity contribution >= 4 is 29.5 Å². The molecule has 1 aliphatic rings. The Morgan fingerprint density at radius 1 is 1.31 bits per heavy atom. The maximum Gasteiger partial charge on any atom is 0.326 e. The van der Waals surface area contributed by atoms with Gasteiger partial charge in [0.2, 0.25) is 0 Å². The second-order valence-corrected chi connectivity index (χ2v) is 7.45. The van der Waals surface area contributed by atoms with Crippen LogP contribution in [0.4, 0.5) is 10.5 Å². The Morgan fingerprint density at radius 3 is 2.66 bits per heavy atom. The fourth-order valence-electron chi connectivity index (χ4n) is 2.83. The molecule has 4 amide bonds. The molecule has 1 aromatic rings. The molecule has 0 aromatic heterocycles. The molecule has 0 unspecified atom stereocenters.